The smallest absolute Gasteiger partial charge is 0.240 e. The lowest BCUT2D eigenvalue weighted by Gasteiger charge is -2.26. The minimum absolute atomic E-state index is 0.0271. The number of likely N-dealkylation sites (tertiary alicyclic amines) is 1. The van der Waals surface area contributed by atoms with E-state index in [-0.39, 0.29) is 18.4 Å². The number of amides is 2. The van der Waals surface area contributed by atoms with Crippen molar-refractivity contribution in [1.29, 1.82) is 0 Å². The molecule has 1 N–H and O–H groups in total. The molecular weight excluding hydrogens is 372 g/mol. The molecule has 0 spiro atoms. The molecule has 1 aromatic heterocycles. The first-order valence-electron chi connectivity index (χ1n) is 10.4. The molecule has 2 fully saturated rings. The first kappa shape index (κ1) is 19.3. The molecule has 1 aromatic carbocycles. The summed E-state index contributed by atoms with van der Waals surface area (Å²) in [7, 11) is 0. The van der Waals surface area contributed by atoms with E-state index in [0.717, 1.165) is 55.0 Å². The molecule has 4 rings (SSSR count). The summed E-state index contributed by atoms with van der Waals surface area (Å²) in [6, 6.07) is 8.16. The molecule has 0 unspecified atom stereocenters. The molecule has 0 bridgehead atoms. The van der Waals surface area contributed by atoms with Gasteiger partial charge in [0.15, 0.2) is 5.16 Å². The van der Waals surface area contributed by atoms with E-state index in [2.05, 4.69) is 10.3 Å². The summed E-state index contributed by atoms with van der Waals surface area (Å²) in [6.07, 6.45) is 7.93. The lowest BCUT2D eigenvalue weighted by molar-refractivity contribution is -0.129. The number of hydrogen-bond donors (Lipinski definition) is 1. The lowest BCUT2D eigenvalue weighted by atomic mass is 10.1. The van der Waals surface area contributed by atoms with E-state index in [9.17, 15) is 9.59 Å². The second-order valence-corrected chi connectivity index (χ2v) is 8.69. The number of nitrogens with one attached hydrogen (secondary N) is 1. The third-order valence-electron chi connectivity index (χ3n) is 5.68. The van der Waals surface area contributed by atoms with E-state index in [1.54, 1.807) is 0 Å². The molecule has 6 nitrogen and oxygen atoms in total. The molecule has 1 aliphatic heterocycles. The second-order valence-electron chi connectivity index (χ2n) is 7.75. The Hall–Kier alpha value is -2.02. The van der Waals surface area contributed by atoms with Crippen molar-refractivity contribution in [3.05, 3.63) is 24.3 Å². The number of piperidine rings is 1. The molecule has 2 amide bonds. The van der Waals surface area contributed by atoms with Gasteiger partial charge in [-0.1, -0.05) is 36.7 Å². The Morgan fingerprint density at radius 2 is 1.82 bits per heavy atom. The summed E-state index contributed by atoms with van der Waals surface area (Å²) in [4.78, 5) is 31.8. The van der Waals surface area contributed by atoms with Gasteiger partial charge in [0, 0.05) is 19.1 Å². The van der Waals surface area contributed by atoms with E-state index in [4.69, 9.17) is 0 Å². The van der Waals surface area contributed by atoms with Gasteiger partial charge in [0.2, 0.25) is 11.8 Å². The van der Waals surface area contributed by atoms with Crippen molar-refractivity contribution < 1.29 is 9.59 Å². The van der Waals surface area contributed by atoms with Crippen LogP contribution in [0.25, 0.3) is 11.0 Å². The maximum absolute atomic E-state index is 12.6. The average Bonchev–Trinajstić information content (AvgIpc) is 3.35. The third-order valence-corrected chi connectivity index (χ3v) is 6.64. The highest BCUT2D eigenvalue weighted by molar-refractivity contribution is 7.99. The predicted octanol–water partition coefficient (Wildman–Crippen LogP) is 3.20. The van der Waals surface area contributed by atoms with Crippen molar-refractivity contribution >= 4 is 34.6 Å². The maximum Gasteiger partial charge on any atom is 0.240 e. The normalized spacial score (nSPS) is 17.9. The average molecular weight is 401 g/mol. The minimum Gasteiger partial charge on any atom is -0.352 e. The van der Waals surface area contributed by atoms with Gasteiger partial charge in [-0.3, -0.25) is 9.59 Å². The quantitative estimate of drug-likeness (QED) is 0.756. The molecule has 2 aromatic rings. The van der Waals surface area contributed by atoms with Crippen molar-refractivity contribution in [2.75, 3.05) is 18.8 Å². The number of nitrogens with zero attached hydrogens (tertiary/aromatic N) is 3. The van der Waals surface area contributed by atoms with Gasteiger partial charge in [-0.25, -0.2) is 4.98 Å². The molecule has 2 heterocycles. The van der Waals surface area contributed by atoms with Gasteiger partial charge in [-0.15, -0.1) is 0 Å². The van der Waals surface area contributed by atoms with Crippen molar-refractivity contribution in [3.8, 4) is 0 Å². The zero-order valence-electron chi connectivity index (χ0n) is 16.2. The molecule has 1 saturated carbocycles. The van der Waals surface area contributed by atoms with Gasteiger partial charge in [-0.05, 0) is 44.2 Å². The van der Waals surface area contributed by atoms with Crippen LogP contribution >= 0.6 is 11.8 Å². The Morgan fingerprint density at radius 1 is 1.07 bits per heavy atom. The van der Waals surface area contributed by atoms with E-state index >= 15 is 0 Å². The van der Waals surface area contributed by atoms with E-state index in [1.807, 2.05) is 33.7 Å². The minimum atomic E-state index is 0.0271. The van der Waals surface area contributed by atoms with Crippen LogP contribution in [0.4, 0.5) is 0 Å². The summed E-state index contributed by atoms with van der Waals surface area (Å²) >= 11 is 1.44. The van der Waals surface area contributed by atoms with Crippen molar-refractivity contribution in [2.24, 2.45) is 0 Å². The molecule has 0 atom stereocenters. The number of carbonyl (C=O) groups is 2. The fourth-order valence-electron chi connectivity index (χ4n) is 4.16. The number of para-hydroxylation sites is 2. The SMILES string of the molecule is O=C(Cn1c(SCC(=O)N2CCCCC2)nc2ccccc21)NC1CCCC1. The van der Waals surface area contributed by atoms with Crippen LogP contribution in [0.5, 0.6) is 0 Å². The molecular formula is C21H28N4O2S. The standard InChI is InChI=1S/C21H28N4O2S/c26-19(22-16-8-2-3-9-16)14-25-18-11-5-4-10-17(18)23-21(25)28-15-20(27)24-12-6-1-7-13-24/h4-5,10-11,16H,1-3,6-9,12-15H2,(H,22,26). The second kappa shape index (κ2) is 8.99. The number of rotatable bonds is 6. The van der Waals surface area contributed by atoms with Crippen LogP contribution in [-0.4, -0.2) is 51.1 Å². The number of benzene rings is 1. The summed E-state index contributed by atoms with van der Waals surface area (Å²) in [5, 5.41) is 3.90. The fraction of sp³-hybridized carbons (Fsp3) is 0.571. The number of fused-ring (bicyclic) bond motifs is 1. The van der Waals surface area contributed by atoms with Crippen LogP contribution in [0, 0.1) is 0 Å². The van der Waals surface area contributed by atoms with E-state index < -0.39 is 0 Å². The first-order valence-corrected chi connectivity index (χ1v) is 11.3. The molecule has 150 valence electrons. The Morgan fingerprint density at radius 3 is 2.61 bits per heavy atom. The number of hydrogen-bond acceptors (Lipinski definition) is 4. The monoisotopic (exact) mass is 400 g/mol. The Labute approximate surface area is 170 Å². The zero-order chi connectivity index (χ0) is 19.3. The number of carbonyl (C=O) groups excluding carboxylic acids is 2. The maximum atomic E-state index is 12.6. The topological polar surface area (TPSA) is 67.2 Å². The fourth-order valence-corrected chi connectivity index (χ4v) is 5.08. The highest BCUT2D eigenvalue weighted by Gasteiger charge is 2.21. The van der Waals surface area contributed by atoms with Crippen LogP contribution in [0.15, 0.2) is 29.4 Å². The zero-order valence-corrected chi connectivity index (χ0v) is 17.0. The highest BCUT2D eigenvalue weighted by atomic mass is 32.2. The van der Waals surface area contributed by atoms with Crippen LogP contribution in [-0.2, 0) is 16.1 Å². The largest absolute Gasteiger partial charge is 0.352 e. The third kappa shape index (κ3) is 4.51. The van der Waals surface area contributed by atoms with Crippen LogP contribution in [0.1, 0.15) is 44.9 Å². The number of aromatic nitrogens is 2. The molecule has 2 aliphatic rings. The number of thioether (sulfide) groups is 1. The Bertz CT molecular complexity index is 838. The van der Waals surface area contributed by atoms with Gasteiger partial charge >= 0.3 is 0 Å². The molecule has 1 saturated heterocycles. The molecule has 0 radical (unpaired) electrons. The van der Waals surface area contributed by atoms with Gasteiger partial charge in [0.05, 0.1) is 16.8 Å². The van der Waals surface area contributed by atoms with Crippen LogP contribution < -0.4 is 5.32 Å². The van der Waals surface area contributed by atoms with Crippen molar-refractivity contribution in [3.63, 3.8) is 0 Å². The molecule has 7 heteroatoms. The Kier molecular flexibility index (Phi) is 6.20. The number of imidazole rings is 1. The van der Waals surface area contributed by atoms with Crippen molar-refractivity contribution in [2.45, 2.75) is 62.7 Å². The predicted molar refractivity (Wildman–Crippen MR) is 111 cm³/mol. The van der Waals surface area contributed by atoms with Crippen molar-refractivity contribution in [1.82, 2.24) is 19.8 Å². The summed E-state index contributed by atoms with van der Waals surface area (Å²) in [5.74, 6) is 0.561. The van der Waals surface area contributed by atoms with E-state index in [1.165, 1.54) is 31.0 Å². The van der Waals surface area contributed by atoms with Gasteiger partial charge in [-0.2, -0.15) is 0 Å². The van der Waals surface area contributed by atoms with Crippen LogP contribution in [0.2, 0.25) is 0 Å². The summed E-state index contributed by atoms with van der Waals surface area (Å²) in [6.45, 7) is 1.97. The van der Waals surface area contributed by atoms with Gasteiger partial charge < -0.3 is 14.8 Å². The summed E-state index contributed by atoms with van der Waals surface area (Å²) < 4.78 is 1.95. The summed E-state index contributed by atoms with van der Waals surface area (Å²) in [5.41, 5.74) is 1.81. The Balaban J connectivity index is 1.46. The molecule has 28 heavy (non-hydrogen) atoms. The van der Waals surface area contributed by atoms with E-state index in [0.29, 0.717) is 11.8 Å². The molecule has 1 aliphatic carbocycles. The van der Waals surface area contributed by atoms with Gasteiger partial charge in [0.25, 0.3) is 0 Å². The lowest BCUT2D eigenvalue weighted by Crippen LogP contribution is -2.37. The highest BCUT2D eigenvalue weighted by Crippen LogP contribution is 2.25. The van der Waals surface area contributed by atoms with Gasteiger partial charge in [0.1, 0.15) is 6.54 Å². The first-order chi connectivity index (χ1) is 13.7. The van der Waals surface area contributed by atoms with Crippen LogP contribution in [0.3, 0.4) is 0 Å².